The van der Waals surface area contributed by atoms with Crippen molar-refractivity contribution in [2.75, 3.05) is 27.2 Å². The van der Waals surface area contributed by atoms with Crippen molar-refractivity contribution < 1.29 is 13.9 Å². The van der Waals surface area contributed by atoms with Gasteiger partial charge in [0.25, 0.3) is 5.91 Å². The Labute approximate surface area is 198 Å². The van der Waals surface area contributed by atoms with E-state index in [2.05, 4.69) is 31.0 Å². The van der Waals surface area contributed by atoms with Crippen molar-refractivity contribution in [1.29, 1.82) is 0 Å². The first-order valence-corrected chi connectivity index (χ1v) is 9.93. The van der Waals surface area contributed by atoms with Crippen molar-refractivity contribution in [1.82, 2.24) is 30.7 Å². The largest absolute Gasteiger partial charge is 0.377 e. The van der Waals surface area contributed by atoms with Crippen LogP contribution in [0.25, 0.3) is 0 Å². The lowest BCUT2D eigenvalue weighted by Crippen LogP contribution is -2.48. The first-order valence-electron chi connectivity index (χ1n) is 9.93. The molecule has 1 amide bonds. The molecule has 0 spiro atoms. The van der Waals surface area contributed by atoms with E-state index in [9.17, 15) is 9.18 Å². The summed E-state index contributed by atoms with van der Waals surface area (Å²) in [6, 6.07) is 4.63. The van der Waals surface area contributed by atoms with Crippen molar-refractivity contribution in [3.8, 4) is 0 Å². The summed E-state index contributed by atoms with van der Waals surface area (Å²) in [6.07, 6.45) is 1.75. The molecule has 9 nitrogen and oxygen atoms in total. The molecular formula is C20H29FIN7O2. The molecule has 1 unspecified atom stereocenters. The minimum Gasteiger partial charge on any atom is -0.377 e. The predicted octanol–water partition coefficient (Wildman–Crippen LogP) is 1.40. The van der Waals surface area contributed by atoms with Gasteiger partial charge in [-0.25, -0.2) is 14.1 Å². The van der Waals surface area contributed by atoms with Gasteiger partial charge >= 0.3 is 0 Å². The number of halogens is 2. The Kier molecular flexibility index (Phi) is 9.62. The van der Waals surface area contributed by atoms with E-state index >= 15 is 0 Å². The van der Waals surface area contributed by atoms with Crippen LogP contribution in [-0.4, -0.2) is 59.9 Å². The lowest BCUT2D eigenvalue weighted by Gasteiger charge is -2.25. The van der Waals surface area contributed by atoms with Gasteiger partial charge in [-0.15, -0.1) is 24.0 Å². The summed E-state index contributed by atoms with van der Waals surface area (Å²) in [7, 11) is 3.32. The Bertz CT molecular complexity index is 919. The number of guanidine groups is 1. The first-order chi connectivity index (χ1) is 14.5. The lowest BCUT2D eigenvalue weighted by molar-refractivity contribution is 0.0954. The number of aromatic nitrogens is 3. The van der Waals surface area contributed by atoms with E-state index < -0.39 is 0 Å². The number of carbonyl (C=O) groups is 1. The van der Waals surface area contributed by atoms with Crippen molar-refractivity contribution in [2.24, 2.45) is 4.99 Å². The van der Waals surface area contributed by atoms with Crippen LogP contribution < -0.4 is 16.0 Å². The van der Waals surface area contributed by atoms with Gasteiger partial charge in [-0.05, 0) is 31.0 Å². The van der Waals surface area contributed by atoms with Gasteiger partial charge in [0.2, 0.25) is 0 Å². The zero-order valence-electron chi connectivity index (χ0n) is 17.9. The number of fused-ring (bicyclic) bond motifs is 1. The smallest absolute Gasteiger partial charge is 0.251 e. The van der Waals surface area contributed by atoms with Crippen LogP contribution in [0.1, 0.15) is 34.0 Å². The highest BCUT2D eigenvalue weighted by Crippen LogP contribution is 2.13. The quantitative estimate of drug-likeness (QED) is 0.210. The zero-order valence-corrected chi connectivity index (χ0v) is 20.3. The van der Waals surface area contributed by atoms with Gasteiger partial charge in [0.1, 0.15) is 18.2 Å². The third kappa shape index (κ3) is 6.86. The summed E-state index contributed by atoms with van der Waals surface area (Å²) in [5.41, 5.74) is 0.818. The molecule has 2 aromatic rings. The van der Waals surface area contributed by atoms with E-state index in [4.69, 9.17) is 4.74 Å². The molecule has 1 aromatic carbocycles. The number of nitrogens with one attached hydrogen (secondary N) is 3. The molecule has 1 aliphatic heterocycles. The summed E-state index contributed by atoms with van der Waals surface area (Å²) >= 11 is 0. The Morgan fingerprint density at radius 1 is 1.35 bits per heavy atom. The number of carbonyl (C=O) groups excluding carboxylic acids is 1. The molecule has 2 heterocycles. The van der Waals surface area contributed by atoms with Gasteiger partial charge in [0.05, 0.1) is 6.54 Å². The van der Waals surface area contributed by atoms with Gasteiger partial charge in [-0.2, -0.15) is 5.10 Å². The summed E-state index contributed by atoms with van der Waals surface area (Å²) in [5.74, 6) is 1.62. The van der Waals surface area contributed by atoms with E-state index in [1.807, 2.05) is 4.68 Å². The van der Waals surface area contributed by atoms with Gasteiger partial charge in [0.15, 0.2) is 11.8 Å². The fourth-order valence-electron chi connectivity index (χ4n) is 3.25. The summed E-state index contributed by atoms with van der Waals surface area (Å²) < 4.78 is 20.6. The number of aryl methyl sites for hydroxylation is 2. The number of benzene rings is 1. The molecular weight excluding hydrogens is 516 g/mol. The van der Waals surface area contributed by atoms with Crippen molar-refractivity contribution in [2.45, 2.75) is 39.0 Å². The lowest BCUT2D eigenvalue weighted by atomic mass is 10.1. The second-order valence-corrected chi connectivity index (χ2v) is 7.16. The number of hydrogen-bond acceptors (Lipinski definition) is 5. The maximum Gasteiger partial charge on any atom is 0.251 e. The number of ether oxygens (including phenoxy) is 1. The Hall–Kier alpha value is -2.28. The molecule has 3 N–H and O–H groups in total. The summed E-state index contributed by atoms with van der Waals surface area (Å²) in [5, 5.41) is 13.8. The third-order valence-corrected chi connectivity index (χ3v) is 4.88. The number of aliphatic imine (C=N–C) groups is 1. The van der Waals surface area contributed by atoms with Gasteiger partial charge in [-0.1, -0.05) is 6.07 Å². The van der Waals surface area contributed by atoms with Crippen LogP contribution in [-0.2, 0) is 24.3 Å². The SMILES string of the molecule is CN=C(NCCNC(=O)c1ccc(C)c(F)c1)NC1CCc2nc(COC)nn2C1.I. The van der Waals surface area contributed by atoms with Gasteiger partial charge in [-0.3, -0.25) is 9.79 Å². The van der Waals surface area contributed by atoms with Crippen molar-refractivity contribution in [3.63, 3.8) is 0 Å². The minimum atomic E-state index is -0.386. The topological polar surface area (TPSA) is 105 Å². The maximum atomic E-state index is 13.6. The number of nitrogens with zero attached hydrogens (tertiary/aromatic N) is 4. The van der Waals surface area contributed by atoms with Crippen LogP contribution in [0.2, 0.25) is 0 Å². The maximum absolute atomic E-state index is 13.6. The molecule has 0 bridgehead atoms. The molecule has 0 fully saturated rings. The molecule has 31 heavy (non-hydrogen) atoms. The Morgan fingerprint density at radius 2 is 2.13 bits per heavy atom. The zero-order chi connectivity index (χ0) is 21.5. The Morgan fingerprint density at radius 3 is 2.84 bits per heavy atom. The van der Waals surface area contributed by atoms with Crippen molar-refractivity contribution in [3.05, 3.63) is 46.8 Å². The highest BCUT2D eigenvalue weighted by atomic mass is 127. The van der Waals surface area contributed by atoms with Gasteiger partial charge < -0.3 is 20.7 Å². The van der Waals surface area contributed by atoms with Crippen LogP contribution in [0, 0.1) is 12.7 Å². The van der Waals surface area contributed by atoms with E-state index in [-0.39, 0.29) is 41.7 Å². The van der Waals surface area contributed by atoms with Crippen LogP contribution >= 0.6 is 24.0 Å². The van der Waals surface area contributed by atoms with Crippen LogP contribution in [0.3, 0.4) is 0 Å². The molecule has 0 saturated heterocycles. The fourth-order valence-corrected chi connectivity index (χ4v) is 3.25. The van der Waals surface area contributed by atoms with E-state index in [1.54, 1.807) is 33.2 Å². The standard InChI is InChI=1S/C20H28FN7O2.HI/c1-13-4-5-14(10-16(13)21)19(29)23-8-9-24-20(22-2)25-15-6-7-18-26-17(12-30-3)27-28(18)11-15;/h4-5,10,15H,6-9,11-12H2,1-3H3,(H,23,29)(H2,22,24,25);1H. The number of rotatable bonds is 7. The molecule has 1 atom stereocenters. The van der Waals surface area contributed by atoms with Gasteiger partial charge in [0, 0.05) is 45.3 Å². The normalized spacial score (nSPS) is 15.6. The molecule has 1 aliphatic rings. The highest BCUT2D eigenvalue weighted by Gasteiger charge is 2.22. The van der Waals surface area contributed by atoms with Crippen LogP contribution in [0.5, 0.6) is 0 Å². The van der Waals surface area contributed by atoms with E-state index in [1.165, 1.54) is 6.07 Å². The number of amides is 1. The molecule has 11 heteroatoms. The second-order valence-electron chi connectivity index (χ2n) is 7.16. The summed E-state index contributed by atoms with van der Waals surface area (Å²) in [6.45, 7) is 3.63. The summed E-state index contributed by atoms with van der Waals surface area (Å²) in [4.78, 5) is 20.8. The fraction of sp³-hybridized carbons (Fsp3) is 0.500. The average molecular weight is 545 g/mol. The molecule has 3 rings (SSSR count). The molecule has 170 valence electrons. The first kappa shape index (κ1) is 25.0. The number of methoxy groups -OCH3 is 1. The van der Waals surface area contributed by atoms with E-state index in [0.717, 1.165) is 18.7 Å². The predicted molar refractivity (Wildman–Crippen MR) is 126 cm³/mol. The number of hydrogen-bond donors (Lipinski definition) is 3. The monoisotopic (exact) mass is 545 g/mol. The van der Waals surface area contributed by atoms with Crippen molar-refractivity contribution >= 4 is 35.8 Å². The average Bonchev–Trinajstić information content (AvgIpc) is 3.14. The van der Waals surface area contributed by atoms with E-state index in [0.29, 0.717) is 49.2 Å². The second kappa shape index (κ2) is 11.9. The highest BCUT2D eigenvalue weighted by molar-refractivity contribution is 14.0. The van der Waals surface area contributed by atoms with Crippen LogP contribution in [0.15, 0.2) is 23.2 Å². The van der Waals surface area contributed by atoms with Crippen LogP contribution in [0.4, 0.5) is 4.39 Å². The molecule has 0 aliphatic carbocycles. The Balaban J connectivity index is 0.00000341. The molecule has 0 saturated carbocycles. The minimum absolute atomic E-state index is 0. The molecule has 1 aromatic heterocycles. The molecule has 0 radical (unpaired) electrons. The third-order valence-electron chi connectivity index (χ3n) is 4.88.